The zero-order valence-electron chi connectivity index (χ0n) is 9.82. The van der Waals surface area contributed by atoms with E-state index in [4.69, 9.17) is 4.74 Å². The van der Waals surface area contributed by atoms with Crippen molar-refractivity contribution in [3.8, 4) is 11.5 Å². The van der Waals surface area contributed by atoms with Gasteiger partial charge in [0.1, 0.15) is 11.5 Å². The van der Waals surface area contributed by atoms with Crippen molar-refractivity contribution in [3.63, 3.8) is 0 Å². The van der Waals surface area contributed by atoms with E-state index in [1.165, 1.54) is 10.5 Å². The van der Waals surface area contributed by atoms with Gasteiger partial charge < -0.3 is 4.74 Å². The Morgan fingerprint density at radius 2 is 1.72 bits per heavy atom. The molecule has 2 rings (SSSR count). The average Bonchev–Trinajstić information content (AvgIpc) is 2.40. The minimum Gasteiger partial charge on any atom is -0.457 e. The number of rotatable bonds is 4. The molecule has 2 aromatic rings. The van der Waals surface area contributed by atoms with E-state index in [0.717, 1.165) is 21.3 Å². The van der Waals surface area contributed by atoms with Crippen molar-refractivity contribution in [2.75, 3.05) is 6.26 Å². The van der Waals surface area contributed by atoms with Crippen molar-refractivity contribution in [2.45, 2.75) is 10.2 Å². The van der Waals surface area contributed by atoms with Gasteiger partial charge in [-0.3, -0.25) is 0 Å². The third-order valence-corrected chi connectivity index (χ3v) is 4.55. The second-order valence-corrected chi connectivity index (χ2v) is 5.96. The van der Waals surface area contributed by atoms with Crippen LogP contribution < -0.4 is 4.74 Å². The summed E-state index contributed by atoms with van der Waals surface area (Å²) in [6, 6.07) is 14.1. The van der Waals surface area contributed by atoms with Crippen LogP contribution in [0.15, 0.2) is 51.8 Å². The summed E-state index contributed by atoms with van der Waals surface area (Å²) in [5.41, 5.74) is 1.21. The Bertz CT molecular complexity index is 526. The monoisotopic (exact) mass is 386 g/mol. The van der Waals surface area contributed by atoms with Crippen LogP contribution in [0.25, 0.3) is 0 Å². The Morgan fingerprint density at radius 1 is 1.06 bits per heavy atom. The zero-order valence-corrected chi connectivity index (χ0v) is 13.8. The third kappa shape index (κ3) is 3.53. The number of benzene rings is 2. The highest BCUT2D eigenvalue weighted by molar-refractivity contribution is 9.10. The molecule has 94 valence electrons. The van der Waals surface area contributed by atoms with E-state index < -0.39 is 0 Å². The summed E-state index contributed by atoms with van der Waals surface area (Å²) in [6.45, 7) is 0. The molecule has 0 saturated carbocycles. The molecule has 0 N–H and O–H groups in total. The van der Waals surface area contributed by atoms with Crippen LogP contribution in [0.2, 0.25) is 0 Å². The van der Waals surface area contributed by atoms with Crippen LogP contribution in [-0.4, -0.2) is 6.26 Å². The number of thioether (sulfide) groups is 1. The normalized spacial score (nSPS) is 10.4. The number of halogens is 2. The molecule has 0 radical (unpaired) electrons. The van der Waals surface area contributed by atoms with Crippen molar-refractivity contribution in [3.05, 3.63) is 52.5 Å². The largest absolute Gasteiger partial charge is 0.457 e. The molecule has 2 aromatic carbocycles. The molecular formula is C14H12Br2OS. The van der Waals surface area contributed by atoms with Gasteiger partial charge in [-0.05, 0) is 48.2 Å². The van der Waals surface area contributed by atoms with Crippen molar-refractivity contribution >= 4 is 43.6 Å². The summed E-state index contributed by atoms with van der Waals surface area (Å²) >= 11 is 8.70. The van der Waals surface area contributed by atoms with Crippen molar-refractivity contribution in [1.82, 2.24) is 0 Å². The van der Waals surface area contributed by atoms with E-state index in [9.17, 15) is 0 Å². The number of hydrogen-bond acceptors (Lipinski definition) is 2. The van der Waals surface area contributed by atoms with Crippen LogP contribution in [0, 0.1) is 0 Å². The van der Waals surface area contributed by atoms with E-state index in [1.807, 2.05) is 30.3 Å². The standard InChI is InChI=1S/C14H12Br2OS/c1-18-13-6-4-11(5-7-13)17-12-3-2-10(9-15)14(16)8-12/h2-8H,9H2,1H3. The maximum absolute atomic E-state index is 5.80. The van der Waals surface area contributed by atoms with Crippen molar-refractivity contribution in [1.29, 1.82) is 0 Å². The maximum Gasteiger partial charge on any atom is 0.128 e. The lowest BCUT2D eigenvalue weighted by atomic mass is 10.2. The fourth-order valence-electron chi connectivity index (χ4n) is 1.48. The van der Waals surface area contributed by atoms with Gasteiger partial charge in [0, 0.05) is 14.7 Å². The Labute approximate surface area is 128 Å². The molecule has 0 heterocycles. The lowest BCUT2D eigenvalue weighted by Crippen LogP contribution is -1.86. The van der Waals surface area contributed by atoms with E-state index in [2.05, 4.69) is 50.2 Å². The molecule has 0 saturated heterocycles. The van der Waals surface area contributed by atoms with E-state index >= 15 is 0 Å². The van der Waals surface area contributed by atoms with Crippen LogP contribution >= 0.6 is 43.6 Å². The van der Waals surface area contributed by atoms with Gasteiger partial charge in [0.15, 0.2) is 0 Å². The first-order chi connectivity index (χ1) is 8.72. The highest BCUT2D eigenvalue weighted by Gasteiger charge is 2.02. The topological polar surface area (TPSA) is 9.23 Å². The molecule has 0 atom stereocenters. The molecule has 0 aliphatic carbocycles. The fourth-order valence-corrected chi connectivity index (χ4v) is 3.25. The molecule has 4 heteroatoms. The fraction of sp³-hybridized carbons (Fsp3) is 0.143. The van der Waals surface area contributed by atoms with Crippen LogP contribution in [-0.2, 0) is 5.33 Å². The van der Waals surface area contributed by atoms with Gasteiger partial charge in [-0.2, -0.15) is 0 Å². The lowest BCUT2D eigenvalue weighted by Gasteiger charge is -2.08. The molecule has 0 aromatic heterocycles. The highest BCUT2D eigenvalue weighted by Crippen LogP contribution is 2.29. The van der Waals surface area contributed by atoms with Crippen molar-refractivity contribution in [2.24, 2.45) is 0 Å². The average molecular weight is 388 g/mol. The first-order valence-electron chi connectivity index (χ1n) is 5.39. The van der Waals surface area contributed by atoms with Crippen LogP contribution in [0.1, 0.15) is 5.56 Å². The Morgan fingerprint density at radius 3 is 2.28 bits per heavy atom. The summed E-state index contributed by atoms with van der Waals surface area (Å²) in [6.07, 6.45) is 2.06. The maximum atomic E-state index is 5.80. The summed E-state index contributed by atoms with van der Waals surface area (Å²) < 4.78 is 6.86. The van der Waals surface area contributed by atoms with Gasteiger partial charge in [-0.15, -0.1) is 11.8 Å². The molecule has 0 bridgehead atoms. The summed E-state index contributed by atoms with van der Waals surface area (Å²) in [4.78, 5) is 1.23. The molecule has 0 unspecified atom stereocenters. The van der Waals surface area contributed by atoms with Gasteiger partial charge in [-0.25, -0.2) is 0 Å². The number of hydrogen-bond donors (Lipinski definition) is 0. The van der Waals surface area contributed by atoms with Gasteiger partial charge in [0.2, 0.25) is 0 Å². The van der Waals surface area contributed by atoms with E-state index in [-0.39, 0.29) is 0 Å². The predicted octanol–water partition coefficient (Wildman–Crippen LogP) is 5.86. The smallest absolute Gasteiger partial charge is 0.128 e. The zero-order chi connectivity index (χ0) is 13.0. The minimum absolute atomic E-state index is 0.830. The van der Waals surface area contributed by atoms with Crippen molar-refractivity contribution < 1.29 is 4.74 Å². The van der Waals surface area contributed by atoms with E-state index in [1.54, 1.807) is 11.8 Å². The minimum atomic E-state index is 0.830. The Kier molecular flexibility index (Phi) is 5.15. The van der Waals surface area contributed by atoms with Crippen LogP contribution in [0.3, 0.4) is 0 Å². The molecule has 0 amide bonds. The van der Waals surface area contributed by atoms with Crippen LogP contribution in [0.5, 0.6) is 11.5 Å². The molecule has 0 aliphatic heterocycles. The number of ether oxygens (including phenoxy) is 1. The van der Waals surface area contributed by atoms with Gasteiger partial charge in [0.05, 0.1) is 0 Å². The quantitative estimate of drug-likeness (QED) is 0.480. The third-order valence-electron chi connectivity index (χ3n) is 2.46. The van der Waals surface area contributed by atoms with Gasteiger partial charge in [-0.1, -0.05) is 37.9 Å². The highest BCUT2D eigenvalue weighted by atomic mass is 79.9. The van der Waals surface area contributed by atoms with Gasteiger partial charge in [0.25, 0.3) is 0 Å². The predicted molar refractivity (Wildman–Crippen MR) is 85.1 cm³/mol. The summed E-state index contributed by atoms with van der Waals surface area (Å²) in [5, 5.41) is 0.830. The van der Waals surface area contributed by atoms with E-state index in [0.29, 0.717) is 0 Å². The first-order valence-corrected chi connectivity index (χ1v) is 8.53. The lowest BCUT2D eigenvalue weighted by molar-refractivity contribution is 0.482. The van der Waals surface area contributed by atoms with Gasteiger partial charge >= 0.3 is 0 Å². The molecular weight excluding hydrogens is 376 g/mol. The Balaban J connectivity index is 2.15. The molecule has 0 aliphatic rings. The first kappa shape index (κ1) is 14.0. The number of alkyl halides is 1. The molecule has 1 nitrogen and oxygen atoms in total. The van der Waals surface area contributed by atoms with Crippen LogP contribution in [0.4, 0.5) is 0 Å². The molecule has 0 fully saturated rings. The Hall–Kier alpha value is -0.450. The second-order valence-electron chi connectivity index (χ2n) is 3.66. The second kappa shape index (κ2) is 6.64. The SMILES string of the molecule is CSc1ccc(Oc2ccc(CBr)c(Br)c2)cc1. The summed E-state index contributed by atoms with van der Waals surface area (Å²) in [7, 11) is 0. The molecule has 0 spiro atoms. The summed E-state index contributed by atoms with van der Waals surface area (Å²) in [5.74, 6) is 1.69. The molecule has 18 heavy (non-hydrogen) atoms.